The summed E-state index contributed by atoms with van der Waals surface area (Å²) in [6.07, 6.45) is 0. The van der Waals surface area contributed by atoms with E-state index >= 15 is 0 Å². The third-order valence-electron chi connectivity index (χ3n) is 3.65. The first-order chi connectivity index (χ1) is 12.5. The van der Waals surface area contributed by atoms with Crippen LogP contribution in [0.25, 0.3) is 0 Å². The molecule has 0 aromatic heterocycles. The predicted octanol–water partition coefficient (Wildman–Crippen LogP) is 2.25. The van der Waals surface area contributed by atoms with E-state index in [1.807, 2.05) is 6.07 Å². The summed E-state index contributed by atoms with van der Waals surface area (Å²) in [5.41, 5.74) is 1.96. The van der Waals surface area contributed by atoms with E-state index in [1.165, 1.54) is 12.0 Å². The first-order valence-corrected chi connectivity index (χ1v) is 8.00. The number of likely N-dealkylation sites (N-methyl/N-ethyl adjacent to an activating group) is 1. The summed E-state index contributed by atoms with van der Waals surface area (Å²) in [6, 6.07) is 15.3. The minimum atomic E-state index is -0.444. The molecule has 2 rings (SSSR count). The van der Waals surface area contributed by atoms with Gasteiger partial charge in [-0.15, -0.1) is 0 Å². The summed E-state index contributed by atoms with van der Waals surface area (Å²) in [5.74, 6) is -0.639. The largest absolute Gasteiger partial charge is 0.465 e. The zero-order valence-electron chi connectivity index (χ0n) is 14.7. The maximum absolute atomic E-state index is 12.1. The number of esters is 1. The molecule has 0 spiro atoms. The summed E-state index contributed by atoms with van der Waals surface area (Å²) < 4.78 is 4.64. The van der Waals surface area contributed by atoms with Gasteiger partial charge in [0, 0.05) is 19.3 Å². The Hall–Kier alpha value is -3.35. The molecule has 0 heterocycles. The van der Waals surface area contributed by atoms with Gasteiger partial charge >= 0.3 is 12.0 Å². The van der Waals surface area contributed by atoms with Gasteiger partial charge < -0.3 is 20.3 Å². The highest BCUT2D eigenvalue weighted by molar-refractivity contribution is 5.92. The smallest absolute Gasteiger partial charge is 0.337 e. The molecule has 136 valence electrons. The molecule has 0 saturated carbocycles. The van der Waals surface area contributed by atoms with Crippen molar-refractivity contribution in [2.24, 2.45) is 0 Å². The predicted molar refractivity (Wildman–Crippen MR) is 97.7 cm³/mol. The third kappa shape index (κ3) is 5.62. The highest BCUT2D eigenvalue weighted by Gasteiger charge is 2.12. The van der Waals surface area contributed by atoms with Crippen LogP contribution in [0.3, 0.4) is 0 Å². The van der Waals surface area contributed by atoms with E-state index in [2.05, 4.69) is 15.4 Å². The number of hydrogen-bond acceptors (Lipinski definition) is 4. The Balaban J connectivity index is 1.80. The van der Waals surface area contributed by atoms with E-state index in [1.54, 1.807) is 55.6 Å². The molecule has 0 aliphatic rings. The van der Waals surface area contributed by atoms with Crippen molar-refractivity contribution in [3.63, 3.8) is 0 Å². The van der Waals surface area contributed by atoms with Crippen LogP contribution in [0, 0.1) is 0 Å². The lowest BCUT2D eigenvalue weighted by atomic mass is 10.1. The van der Waals surface area contributed by atoms with E-state index in [4.69, 9.17) is 0 Å². The van der Waals surface area contributed by atoms with Gasteiger partial charge in [-0.3, -0.25) is 4.79 Å². The van der Waals surface area contributed by atoms with Crippen LogP contribution in [0.5, 0.6) is 0 Å². The van der Waals surface area contributed by atoms with Crippen molar-refractivity contribution in [1.82, 2.24) is 10.2 Å². The van der Waals surface area contributed by atoms with Crippen molar-refractivity contribution in [2.45, 2.75) is 6.54 Å². The molecule has 7 heteroatoms. The summed E-state index contributed by atoms with van der Waals surface area (Å²) >= 11 is 0. The number of benzene rings is 2. The van der Waals surface area contributed by atoms with Crippen LogP contribution in [0.15, 0.2) is 54.6 Å². The number of rotatable bonds is 6. The third-order valence-corrected chi connectivity index (χ3v) is 3.65. The van der Waals surface area contributed by atoms with Crippen LogP contribution in [-0.4, -0.2) is 43.5 Å². The number of amides is 3. The van der Waals surface area contributed by atoms with Gasteiger partial charge in [0.15, 0.2) is 0 Å². The number of carbonyl (C=O) groups excluding carboxylic acids is 3. The number of methoxy groups -OCH3 is 1. The molecule has 0 aliphatic heterocycles. The zero-order chi connectivity index (χ0) is 18.9. The first-order valence-electron chi connectivity index (χ1n) is 8.00. The lowest BCUT2D eigenvalue weighted by molar-refractivity contribution is -0.129. The SMILES string of the molecule is COC(=O)c1ccc(CN(C)C(=O)CNC(=O)Nc2ccccc2)cc1. The van der Waals surface area contributed by atoms with Gasteiger partial charge in [0.2, 0.25) is 5.91 Å². The monoisotopic (exact) mass is 355 g/mol. The lowest BCUT2D eigenvalue weighted by Gasteiger charge is -2.18. The second-order valence-electron chi connectivity index (χ2n) is 5.61. The molecule has 0 saturated heterocycles. The Morgan fingerprint density at radius 1 is 1.00 bits per heavy atom. The molecule has 0 aliphatic carbocycles. The number of ether oxygens (including phenoxy) is 1. The summed E-state index contributed by atoms with van der Waals surface area (Å²) in [4.78, 5) is 36.8. The number of hydrogen-bond donors (Lipinski definition) is 2. The van der Waals surface area contributed by atoms with Crippen LogP contribution in [-0.2, 0) is 16.1 Å². The average molecular weight is 355 g/mol. The highest BCUT2D eigenvalue weighted by Crippen LogP contribution is 2.08. The number of urea groups is 1. The van der Waals surface area contributed by atoms with Gasteiger partial charge in [-0.05, 0) is 29.8 Å². The molecule has 0 bridgehead atoms. The summed E-state index contributed by atoms with van der Waals surface area (Å²) in [6.45, 7) is 0.248. The van der Waals surface area contributed by atoms with E-state index < -0.39 is 12.0 Å². The molecule has 0 radical (unpaired) electrons. The van der Waals surface area contributed by atoms with E-state index in [0.29, 0.717) is 17.8 Å². The van der Waals surface area contributed by atoms with E-state index in [-0.39, 0.29) is 12.5 Å². The van der Waals surface area contributed by atoms with Crippen molar-refractivity contribution in [1.29, 1.82) is 0 Å². The van der Waals surface area contributed by atoms with Gasteiger partial charge in [0.1, 0.15) is 0 Å². The molecular weight excluding hydrogens is 334 g/mol. The second kappa shape index (κ2) is 9.22. The molecule has 0 atom stereocenters. The Morgan fingerprint density at radius 2 is 1.65 bits per heavy atom. The number of nitrogens with zero attached hydrogens (tertiary/aromatic N) is 1. The molecule has 0 unspecified atom stereocenters. The van der Waals surface area contributed by atoms with E-state index in [9.17, 15) is 14.4 Å². The van der Waals surface area contributed by atoms with Crippen LogP contribution >= 0.6 is 0 Å². The van der Waals surface area contributed by atoms with Gasteiger partial charge in [0.05, 0.1) is 19.2 Å². The van der Waals surface area contributed by atoms with Crippen molar-refractivity contribution >= 4 is 23.6 Å². The second-order valence-corrected chi connectivity index (χ2v) is 5.61. The topological polar surface area (TPSA) is 87.7 Å². The Morgan fingerprint density at radius 3 is 2.27 bits per heavy atom. The summed E-state index contributed by atoms with van der Waals surface area (Å²) in [7, 11) is 2.97. The van der Waals surface area contributed by atoms with Crippen LogP contribution in [0.4, 0.5) is 10.5 Å². The van der Waals surface area contributed by atoms with E-state index in [0.717, 1.165) is 5.56 Å². The molecule has 3 amide bonds. The van der Waals surface area contributed by atoms with Gasteiger partial charge in [0.25, 0.3) is 0 Å². The Bertz CT molecular complexity index is 760. The molecule has 7 nitrogen and oxygen atoms in total. The number of carbonyl (C=O) groups is 3. The maximum atomic E-state index is 12.1. The maximum Gasteiger partial charge on any atom is 0.337 e. The van der Waals surface area contributed by atoms with Gasteiger partial charge in [-0.1, -0.05) is 30.3 Å². The first kappa shape index (κ1) is 19.0. The number of para-hydroxylation sites is 1. The number of anilines is 1. The zero-order valence-corrected chi connectivity index (χ0v) is 14.7. The van der Waals surface area contributed by atoms with Crippen molar-refractivity contribution in [3.05, 3.63) is 65.7 Å². The van der Waals surface area contributed by atoms with Crippen LogP contribution < -0.4 is 10.6 Å². The normalized spacial score (nSPS) is 9.92. The Labute approximate surface area is 152 Å². The van der Waals surface area contributed by atoms with Gasteiger partial charge in [-0.2, -0.15) is 0 Å². The molecule has 2 aromatic rings. The minimum absolute atomic E-state index is 0.116. The van der Waals surface area contributed by atoms with Crippen molar-refractivity contribution in [3.8, 4) is 0 Å². The highest BCUT2D eigenvalue weighted by atomic mass is 16.5. The standard InChI is InChI=1S/C19H21N3O4/c1-22(13-14-8-10-15(11-9-14)18(24)26-2)17(23)12-20-19(25)21-16-6-4-3-5-7-16/h3-11H,12-13H2,1-2H3,(H2,20,21,25). The molecule has 0 fully saturated rings. The van der Waals surface area contributed by atoms with Crippen molar-refractivity contribution < 1.29 is 19.1 Å². The van der Waals surface area contributed by atoms with Crippen LogP contribution in [0.2, 0.25) is 0 Å². The lowest BCUT2D eigenvalue weighted by Crippen LogP contribution is -2.39. The van der Waals surface area contributed by atoms with Crippen LogP contribution in [0.1, 0.15) is 15.9 Å². The summed E-state index contributed by atoms with van der Waals surface area (Å²) in [5, 5.41) is 5.17. The number of nitrogens with one attached hydrogen (secondary N) is 2. The molecular formula is C19H21N3O4. The fourth-order valence-electron chi connectivity index (χ4n) is 2.21. The molecule has 26 heavy (non-hydrogen) atoms. The fraction of sp³-hybridized carbons (Fsp3) is 0.211. The van der Waals surface area contributed by atoms with Gasteiger partial charge in [-0.25, -0.2) is 9.59 Å². The quantitative estimate of drug-likeness (QED) is 0.778. The Kier molecular flexibility index (Phi) is 6.73. The van der Waals surface area contributed by atoms with Crippen molar-refractivity contribution in [2.75, 3.05) is 26.0 Å². The molecule has 2 aromatic carbocycles. The molecule has 2 N–H and O–H groups in total. The average Bonchev–Trinajstić information content (AvgIpc) is 2.66. The fourth-order valence-corrected chi connectivity index (χ4v) is 2.21. The minimum Gasteiger partial charge on any atom is -0.465 e.